The first-order valence-electron chi connectivity index (χ1n) is 9.87. The van der Waals surface area contributed by atoms with E-state index in [9.17, 15) is 5.11 Å². The summed E-state index contributed by atoms with van der Waals surface area (Å²) in [6, 6.07) is 21.3. The van der Waals surface area contributed by atoms with Crippen molar-refractivity contribution in [3.8, 4) is 0 Å². The zero-order valence-electron chi connectivity index (χ0n) is 14.7. The number of fused-ring (bicyclic) bond motifs is 3. The van der Waals surface area contributed by atoms with Crippen molar-refractivity contribution < 1.29 is 5.11 Å². The summed E-state index contributed by atoms with van der Waals surface area (Å²) in [4.78, 5) is 2.72. The smallest absolute Gasteiger partial charge is 0.0739 e. The molecule has 0 amide bonds. The van der Waals surface area contributed by atoms with Crippen molar-refractivity contribution in [2.75, 3.05) is 0 Å². The van der Waals surface area contributed by atoms with Gasteiger partial charge < -0.3 is 5.11 Å². The van der Waals surface area contributed by atoms with Crippen LogP contribution in [0.1, 0.15) is 48.3 Å². The number of piperidine rings is 1. The molecule has 0 radical (unpaired) electrons. The number of aliphatic hydroxyl groups is 1. The predicted octanol–water partition coefficient (Wildman–Crippen LogP) is 3.93. The van der Waals surface area contributed by atoms with Gasteiger partial charge in [-0.3, -0.25) is 4.90 Å². The Morgan fingerprint density at radius 3 is 2.04 bits per heavy atom. The van der Waals surface area contributed by atoms with Crippen molar-refractivity contribution in [1.29, 1.82) is 0 Å². The Bertz CT molecular complexity index is 729. The van der Waals surface area contributed by atoms with E-state index in [0.717, 1.165) is 12.8 Å². The molecule has 2 nitrogen and oxygen atoms in total. The molecule has 2 aromatic carbocycles. The lowest BCUT2D eigenvalue weighted by Crippen LogP contribution is -2.55. The van der Waals surface area contributed by atoms with Gasteiger partial charge in [0.15, 0.2) is 0 Å². The summed E-state index contributed by atoms with van der Waals surface area (Å²) in [6.45, 7) is 0. The van der Waals surface area contributed by atoms with Gasteiger partial charge in [0.25, 0.3) is 0 Å². The molecule has 2 heterocycles. The molecule has 2 saturated heterocycles. The van der Waals surface area contributed by atoms with E-state index >= 15 is 0 Å². The molecular formula is C23H27NO. The third kappa shape index (κ3) is 2.72. The Labute approximate surface area is 150 Å². The van der Waals surface area contributed by atoms with E-state index in [4.69, 9.17) is 0 Å². The first kappa shape index (κ1) is 15.6. The Morgan fingerprint density at radius 1 is 0.760 bits per heavy atom. The summed E-state index contributed by atoms with van der Waals surface area (Å²) in [5, 5.41) is 10.9. The second kappa shape index (κ2) is 6.26. The van der Waals surface area contributed by atoms with Crippen LogP contribution in [-0.2, 0) is 12.8 Å². The molecule has 2 heteroatoms. The van der Waals surface area contributed by atoms with Crippen molar-refractivity contribution in [2.24, 2.45) is 0 Å². The summed E-state index contributed by atoms with van der Waals surface area (Å²) < 4.78 is 0. The molecule has 0 saturated carbocycles. The summed E-state index contributed by atoms with van der Waals surface area (Å²) in [5.41, 5.74) is 4.30. The van der Waals surface area contributed by atoms with E-state index in [1.807, 2.05) is 0 Å². The standard InChI is InChI=1S/C23H27NO/c25-23-15-18-9-5-4-8-17(18)14-22(23)24-20-10-11-21(24)13-19(12-20)16-6-2-1-3-7-16/h1-9,19-23,25H,10-15H2/t19?,20-,21+,22-,23-/m0/s1. The molecule has 2 aliphatic heterocycles. The molecule has 25 heavy (non-hydrogen) atoms. The van der Waals surface area contributed by atoms with Gasteiger partial charge in [0.2, 0.25) is 0 Å². The molecule has 5 atom stereocenters. The molecule has 2 aromatic rings. The lowest BCUT2D eigenvalue weighted by atomic mass is 9.80. The number of hydrogen-bond donors (Lipinski definition) is 1. The summed E-state index contributed by atoms with van der Waals surface area (Å²) >= 11 is 0. The van der Waals surface area contributed by atoms with Crippen molar-refractivity contribution in [2.45, 2.75) is 68.7 Å². The van der Waals surface area contributed by atoms with Crippen LogP contribution >= 0.6 is 0 Å². The van der Waals surface area contributed by atoms with E-state index in [2.05, 4.69) is 59.5 Å². The van der Waals surface area contributed by atoms with Crippen LogP contribution in [0.4, 0.5) is 0 Å². The maximum absolute atomic E-state index is 10.9. The van der Waals surface area contributed by atoms with Gasteiger partial charge in [-0.15, -0.1) is 0 Å². The average Bonchev–Trinajstić information content (AvgIpc) is 2.91. The maximum Gasteiger partial charge on any atom is 0.0739 e. The lowest BCUT2D eigenvalue weighted by Gasteiger charge is -2.47. The Balaban J connectivity index is 1.38. The highest BCUT2D eigenvalue weighted by molar-refractivity contribution is 5.32. The van der Waals surface area contributed by atoms with Crippen molar-refractivity contribution >= 4 is 0 Å². The number of hydrogen-bond acceptors (Lipinski definition) is 2. The van der Waals surface area contributed by atoms with E-state index in [1.165, 1.54) is 42.4 Å². The van der Waals surface area contributed by atoms with Crippen LogP contribution in [-0.4, -0.2) is 34.2 Å². The molecule has 0 spiro atoms. The maximum atomic E-state index is 10.9. The zero-order valence-corrected chi connectivity index (χ0v) is 14.7. The molecule has 3 aliphatic rings. The minimum Gasteiger partial charge on any atom is -0.391 e. The van der Waals surface area contributed by atoms with Crippen LogP contribution < -0.4 is 0 Å². The largest absolute Gasteiger partial charge is 0.391 e. The fraction of sp³-hybridized carbons (Fsp3) is 0.478. The topological polar surface area (TPSA) is 23.5 Å². The van der Waals surface area contributed by atoms with Gasteiger partial charge in [-0.05, 0) is 54.7 Å². The van der Waals surface area contributed by atoms with E-state index in [-0.39, 0.29) is 6.10 Å². The van der Waals surface area contributed by atoms with Crippen LogP contribution in [0.3, 0.4) is 0 Å². The van der Waals surface area contributed by atoms with Gasteiger partial charge in [-0.1, -0.05) is 54.6 Å². The predicted molar refractivity (Wildman–Crippen MR) is 101 cm³/mol. The highest BCUT2D eigenvalue weighted by Gasteiger charge is 2.46. The van der Waals surface area contributed by atoms with Gasteiger partial charge in [-0.2, -0.15) is 0 Å². The van der Waals surface area contributed by atoms with Crippen LogP contribution in [0.15, 0.2) is 54.6 Å². The SMILES string of the molecule is O[C@H]1Cc2ccccc2C[C@@H]1N1[C@@H]2CC[C@H]1CC(c1ccccc1)C2. The highest BCUT2D eigenvalue weighted by Crippen LogP contribution is 2.45. The first-order chi connectivity index (χ1) is 12.3. The molecular weight excluding hydrogens is 306 g/mol. The van der Waals surface area contributed by atoms with Gasteiger partial charge in [0.05, 0.1) is 6.10 Å². The van der Waals surface area contributed by atoms with Crippen molar-refractivity contribution in [3.05, 3.63) is 71.3 Å². The Morgan fingerprint density at radius 2 is 1.36 bits per heavy atom. The third-order valence-corrected chi connectivity index (χ3v) is 6.86. The fourth-order valence-corrected chi connectivity index (χ4v) is 5.73. The number of benzene rings is 2. The molecule has 1 aliphatic carbocycles. The number of rotatable bonds is 2. The van der Waals surface area contributed by atoms with Gasteiger partial charge in [0, 0.05) is 24.5 Å². The van der Waals surface area contributed by atoms with Crippen molar-refractivity contribution in [1.82, 2.24) is 4.90 Å². The molecule has 5 rings (SSSR count). The molecule has 130 valence electrons. The minimum absolute atomic E-state index is 0.216. The summed E-state index contributed by atoms with van der Waals surface area (Å²) in [7, 11) is 0. The molecule has 2 bridgehead atoms. The average molecular weight is 333 g/mol. The normalized spacial score (nSPS) is 34.7. The van der Waals surface area contributed by atoms with Gasteiger partial charge >= 0.3 is 0 Å². The van der Waals surface area contributed by atoms with E-state index < -0.39 is 0 Å². The van der Waals surface area contributed by atoms with Crippen LogP contribution in [0.5, 0.6) is 0 Å². The summed E-state index contributed by atoms with van der Waals surface area (Å²) in [5.74, 6) is 0.697. The molecule has 1 N–H and O–H groups in total. The van der Waals surface area contributed by atoms with Gasteiger partial charge in [-0.25, -0.2) is 0 Å². The fourth-order valence-electron chi connectivity index (χ4n) is 5.73. The monoisotopic (exact) mass is 333 g/mol. The van der Waals surface area contributed by atoms with E-state index in [1.54, 1.807) is 0 Å². The lowest BCUT2D eigenvalue weighted by molar-refractivity contribution is -0.00659. The van der Waals surface area contributed by atoms with Crippen LogP contribution in [0.2, 0.25) is 0 Å². The third-order valence-electron chi connectivity index (χ3n) is 6.86. The second-order valence-electron chi connectivity index (χ2n) is 8.22. The molecule has 1 unspecified atom stereocenters. The van der Waals surface area contributed by atoms with Gasteiger partial charge in [0.1, 0.15) is 0 Å². The molecule has 0 aromatic heterocycles. The van der Waals surface area contributed by atoms with Crippen LogP contribution in [0, 0.1) is 0 Å². The van der Waals surface area contributed by atoms with E-state index in [0.29, 0.717) is 24.0 Å². The Hall–Kier alpha value is -1.64. The highest BCUT2D eigenvalue weighted by atomic mass is 16.3. The summed E-state index contributed by atoms with van der Waals surface area (Å²) in [6.07, 6.45) is 6.74. The Kier molecular flexibility index (Phi) is 3.91. The second-order valence-corrected chi connectivity index (χ2v) is 8.22. The first-order valence-corrected chi connectivity index (χ1v) is 9.87. The molecule has 2 fully saturated rings. The van der Waals surface area contributed by atoms with Crippen LogP contribution in [0.25, 0.3) is 0 Å². The number of nitrogens with zero attached hydrogens (tertiary/aromatic N) is 1. The minimum atomic E-state index is -0.216. The quantitative estimate of drug-likeness (QED) is 0.900. The van der Waals surface area contributed by atoms with Crippen molar-refractivity contribution in [3.63, 3.8) is 0 Å². The zero-order chi connectivity index (χ0) is 16.8. The number of aliphatic hydroxyl groups excluding tert-OH is 1.